The summed E-state index contributed by atoms with van der Waals surface area (Å²) in [4.78, 5) is 2.98. The minimum absolute atomic E-state index is 0.440. The Morgan fingerprint density at radius 2 is 1.55 bits per heavy atom. The standard InChI is InChI=1S/C19H35N/c1-15-13-19(2,3)20(14-16-9-5-4-6-10-16)18-12-8-7-11-17(15)18/h15-18H,4-14H2,1-3H3. The van der Waals surface area contributed by atoms with Gasteiger partial charge in [-0.25, -0.2) is 0 Å². The number of fused-ring (bicyclic) bond motifs is 1. The van der Waals surface area contributed by atoms with Crippen LogP contribution in [-0.4, -0.2) is 23.0 Å². The second-order valence-corrected chi connectivity index (χ2v) is 8.67. The third kappa shape index (κ3) is 2.93. The summed E-state index contributed by atoms with van der Waals surface area (Å²) >= 11 is 0. The molecule has 0 aromatic rings. The highest BCUT2D eigenvalue weighted by molar-refractivity contribution is 5.00. The van der Waals surface area contributed by atoms with E-state index in [2.05, 4.69) is 25.7 Å². The van der Waals surface area contributed by atoms with Crippen LogP contribution < -0.4 is 0 Å². The molecule has 2 aliphatic carbocycles. The molecule has 3 aliphatic rings. The molecule has 1 saturated heterocycles. The zero-order valence-corrected chi connectivity index (χ0v) is 14.0. The van der Waals surface area contributed by atoms with Gasteiger partial charge in [0, 0.05) is 18.1 Å². The molecule has 3 fully saturated rings. The Labute approximate surface area is 126 Å². The Hall–Kier alpha value is -0.0400. The molecule has 0 bridgehead atoms. The fourth-order valence-electron chi connectivity index (χ4n) is 5.73. The minimum atomic E-state index is 0.440. The van der Waals surface area contributed by atoms with Crippen molar-refractivity contribution in [3.8, 4) is 0 Å². The maximum Gasteiger partial charge on any atom is 0.0159 e. The molecule has 3 rings (SSSR count). The second kappa shape index (κ2) is 5.99. The molecule has 3 atom stereocenters. The summed E-state index contributed by atoms with van der Waals surface area (Å²) in [5.41, 5.74) is 0.440. The Morgan fingerprint density at radius 1 is 0.900 bits per heavy atom. The fourth-order valence-corrected chi connectivity index (χ4v) is 5.73. The lowest BCUT2D eigenvalue weighted by atomic mass is 9.67. The smallest absolute Gasteiger partial charge is 0.0159 e. The lowest BCUT2D eigenvalue weighted by Crippen LogP contribution is -2.61. The van der Waals surface area contributed by atoms with Gasteiger partial charge in [0.05, 0.1) is 0 Å². The molecule has 0 spiro atoms. The molecule has 116 valence electrons. The van der Waals surface area contributed by atoms with Gasteiger partial charge < -0.3 is 0 Å². The van der Waals surface area contributed by atoms with Crippen molar-refractivity contribution in [2.45, 2.75) is 96.6 Å². The number of likely N-dealkylation sites (tertiary alicyclic amines) is 1. The van der Waals surface area contributed by atoms with Crippen LogP contribution in [0.1, 0.15) is 85.0 Å². The summed E-state index contributed by atoms with van der Waals surface area (Å²) < 4.78 is 0. The second-order valence-electron chi connectivity index (χ2n) is 8.67. The summed E-state index contributed by atoms with van der Waals surface area (Å²) in [7, 11) is 0. The average molecular weight is 277 g/mol. The monoisotopic (exact) mass is 277 g/mol. The molecule has 0 radical (unpaired) electrons. The predicted molar refractivity (Wildman–Crippen MR) is 86.9 cm³/mol. The zero-order chi connectivity index (χ0) is 14.2. The number of piperidine rings is 1. The normalized spacial score (nSPS) is 39.5. The highest BCUT2D eigenvalue weighted by atomic mass is 15.2. The molecule has 1 nitrogen and oxygen atoms in total. The summed E-state index contributed by atoms with van der Waals surface area (Å²) in [5, 5.41) is 0. The van der Waals surface area contributed by atoms with Gasteiger partial charge in [-0.3, -0.25) is 4.90 Å². The van der Waals surface area contributed by atoms with E-state index in [4.69, 9.17) is 0 Å². The third-order valence-corrected chi connectivity index (χ3v) is 6.69. The largest absolute Gasteiger partial charge is 0.295 e. The van der Waals surface area contributed by atoms with Crippen LogP contribution in [0.15, 0.2) is 0 Å². The maximum atomic E-state index is 2.98. The molecule has 0 aromatic carbocycles. The minimum Gasteiger partial charge on any atom is -0.295 e. The van der Waals surface area contributed by atoms with Crippen LogP contribution in [-0.2, 0) is 0 Å². The average Bonchev–Trinajstić information content (AvgIpc) is 2.44. The Kier molecular flexibility index (Phi) is 4.45. The van der Waals surface area contributed by atoms with Gasteiger partial charge in [0.15, 0.2) is 0 Å². The number of hydrogen-bond acceptors (Lipinski definition) is 1. The maximum absolute atomic E-state index is 2.98. The van der Waals surface area contributed by atoms with Gasteiger partial charge in [-0.2, -0.15) is 0 Å². The lowest BCUT2D eigenvalue weighted by molar-refractivity contribution is -0.0685. The van der Waals surface area contributed by atoms with Gasteiger partial charge in [-0.1, -0.05) is 39.0 Å². The van der Waals surface area contributed by atoms with Crippen molar-refractivity contribution < 1.29 is 0 Å². The van der Waals surface area contributed by atoms with Crippen molar-refractivity contribution >= 4 is 0 Å². The number of nitrogens with zero attached hydrogens (tertiary/aromatic N) is 1. The van der Waals surface area contributed by atoms with Crippen molar-refractivity contribution in [1.82, 2.24) is 4.90 Å². The number of rotatable bonds is 2. The van der Waals surface area contributed by atoms with E-state index >= 15 is 0 Å². The Morgan fingerprint density at radius 3 is 2.30 bits per heavy atom. The third-order valence-electron chi connectivity index (χ3n) is 6.69. The molecule has 0 N–H and O–H groups in total. The van der Waals surface area contributed by atoms with Crippen LogP contribution in [0, 0.1) is 17.8 Å². The summed E-state index contributed by atoms with van der Waals surface area (Å²) in [6.07, 6.45) is 14.8. The van der Waals surface area contributed by atoms with Gasteiger partial charge in [-0.15, -0.1) is 0 Å². The van der Waals surface area contributed by atoms with Crippen molar-refractivity contribution in [2.24, 2.45) is 17.8 Å². The summed E-state index contributed by atoms with van der Waals surface area (Å²) in [5.74, 6) is 2.94. The first-order chi connectivity index (χ1) is 9.58. The van der Waals surface area contributed by atoms with E-state index in [1.165, 1.54) is 70.8 Å². The van der Waals surface area contributed by atoms with Crippen molar-refractivity contribution in [3.05, 3.63) is 0 Å². The van der Waals surface area contributed by atoms with Crippen LogP contribution in [0.4, 0.5) is 0 Å². The van der Waals surface area contributed by atoms with Crippen LogP contribution in [0.2, 0.25) is 0 Å². The molecule has 0 aromatic heterocycles. The lowest BCUT2D eigenvalue weighted by Gasteiger charge is -2.56. The Balaban J connectivity index is 1.73. The van der Waals surface area contributed by atoms with E-state index in [0.29, 0.717) is 5.54 Å². The molecule has 20 heavy (non-hydrogen) atoms. The summed E-state index contributed by atoms with van der Waals surface area (Å²) in [6, 6.07) is 0.907. The molecule has 1 aliphatic heterocycles. The molecule has 1 heterocycles. The van der Waals surface area contributed by atoms with Crippen molar-refractivity contribution in [1.29, 1.82) is 0 Å². The van der Waals surface area contributed by atoms with Crippen LogP contribution in [0.3, 0.4) is 0 Å². The van der Waals surface area contributed by atoms with Crippen molar-refractivity contribution in [2.75, 3.05) is 6.54 Å². The first kappa shape index (κ1) is 14.9. The summed E-state index contributed by atoms with van der Waals surface area (Å²) in [6.45, 7) is 8.98. The quantitative estimate of drug-likeness (QED) is 0.666. The van der Waals surface area contributed by atoms with Gasteiger partial charge in [-0.05, 0) is 63.7 Å². The highest BCUT2D eigenvalue weighted by Crippen LogP contribution is 2.46. The van der Waals surface area contributed by atoms with Crippen LogP contribution >= 0.6 is 0 Å². The van der Waals surface area contributed by atoms with Gasteiger partial charge in [0.2, 0.25) is 0 Å². The first-order valence-electron chi connectivity index (χ1n) is 9.35. The first-order valence-corrected chi connectivity index (χ1v) is 9.35. The van der Waals surface area contributed by atoms with E-state index in [1.54, 1.807) is 0 Å². The molecule has 1 heteroatoms. The fraction of sp³-hybridized carbons (Fsp3) is 1.00. The van der Waals surface area contributed by atoms with Crippen LogP contribution in [0.5, 0.6) is 0 Å². The zero-order valence-electron chi connectivity index (χ0n) is 14.0. The van der Waals surface area contributed by atoms with E-state index in [9.17, 15) is 0 Å². The predicted octanol–water partition coefficient (Wildman–Crippen LogP) is 5.25. The molecule has 3 unspecified atom stereocenters. The molecule has 0 amide bonds. The van der Waals surface area contributed by atoms with E-state index < -0.39 is 0 Å². The van der Waals surface area contributed by atoms with E-state index in [-0.39, 0.29) is 0 Å². The van der Waals surface area contributed by atoms with Gasteiger partial charge in [0.25, 0.3) is 0 Å². The van der Waals surface area contributed by atoms with Crippen LogP contribution in [0.25, 0.3) is 0 Å². The highest BCUT2D eigenvalue weighted by Gasteiger charge is 2.46. The number of hydrogen-bond donors (Lipinski definition) is 0. The molecular formula is C19H35N. The molecular weight excluding hydrogens is 242 g/mol. The SMILES string of the molecule is CC1CC(C)(C)N(CC2CCCCC2)C2CCCCC12. The molecule has 2 saturated carbocycles. The van der Waals surface area contributed by atoms with E-state index in [1.807, 2.05) is 0 Å². The van der Waals surface area contributed by atoms with Gasteiger partial charge in [0.1, 0.15) is 0 Å². The van der Waals surface area contributed by atoms with Gasteiger partial charge >= 0.3 is 0 Å². The Bertz CT molecular complexity index is 316. The van der Waals surface area contributed by atoms with E-state index in [0.717, 1.165) is 23.8 Å². The van der Waals surface area contributed by atoms with Crippen molar-refractivity contribution in [3.63, 3.8) is 0 Å². The topological polar surface area (TPSA) is 3.24 Å².